The molecule has 4 aromatic carbocycles. The first-order valence-corrected chi connectivity index (χ1v) is 15.8. The maximum Gasteiger partial charge on any atom is 0.261 e. The molecule has 6 heteroatoms. The third-order valence-corrected chi connectivity index (χ3v) is 8.23. The van der Waals surface area contributed by atoms with Crippen molar-refractivity contribution in [1.82, 2.24) is 10.6 Å². The van der Waals surface area contributed by atoms with Gasteiger partial charge in [0, 0.05) is 12.1 Å². The second-order valence-corrected chi connectivity index (χ2v) is 11.3. The lowest BCUT2D eigenvalue weighted by atomic mass is 9.89. The molecule has 0 aliphatic heterocycles. The van der Waals surface area contributed by atoms with E-state index in [1.165, 1.54) is 0 Å². The van der Waals surface area contributed by atoms with E-state index >= 15 is 0 Å². The predicted molar refractivity (Wildman–Crippen MR) is 175 cm³/mol. The van der Waals surface area contributed by atoms with Crippen molar-refractivity contribution in [3.05, 3.63) is 109 Å². The molecule has 4 atom stereocenters. The molecule has 0 spiro atoms. The second kappa shape index (κ2) is 15.2. The fourth-order valence-electron chi connectivity index (χ4n) is 5.71. The molecule has 0 saturated heterocycles. The maximum atomic E-state index is 13.4. The minimum absolute atomic E-state index is 0.160. The molecule has 4 unspecified atom stereocenters. The zero-order chi connectivity index (χ0) is 30.7. The molecular weight excluding hydrogens is 548 g/mol. The number of carbonyl (C=O) groups excluding carboxylic acids is 2. The van der Waals surface area contributed by atoms with Crippen LogP contribution in [0.2, 0.25) is 0 Å². The van der Waals surface area contributed by atoms with Crippen LogP contribution in [0.4, 0.5) is 0 Å². The summed E-state index contributed by atoms with van der Waals surface area (Å²) in [7, 11) is 0. The van der Waals surface area contributed by atoms with Gasteiger partial charge in [-0.05, 0) is 72.2 Å². The highest BCUT2D eigenvalue weighted by Crippen LogP contribution is 2.25. The van der Waals surface area contributed by atoms with Crippen molar-refractivity contribution in [3.8, 4) is 33.8 Å². The van der Waals surface area contributed by atoms with E-state index in [4.69, 9.17) is 9.47 Å². The standard InChI is InChI=1S/C38H42N2O4/c1-3-35(43-31-23-19-29(20-24-31)27-13-7-5-8-14-27)37(41)39-33-17-11-12-18-34(33)40-38(42)36(4-2)44-32-25-21-30(22-26-32)28-15-9-6-10-16-28/h5-10,13-16,19-26,33-36H,3-4,11-12,17-18H2,1-2H3,(H,39,41)(H,40,42). The fourth-order valence-corrected chi connectivity index (χ4v) is 5.71. The van der Waals surface area contributed by atoms with Gasteiger partial charge in [0.25, 0.3) is 11.8 Å². The van der Waals surface area contributed by atoms with Gasteiger partial charge in [0.15, 0.2) is 12.2 Å². The topological polar surface area (TPSA) is 76.7 Å². The minimum atomic E-state index is -0.624. The monoisotopic (exact) mass is 590 g/mol. The number of hydrogen-bond donors (Lipinski definition) is 2. The largest absolute Gasteiger partial charge is 0.481 e. The molecule has 0 heterocycles. The Bertz CT molecular complexity index is 1360. The third-order valence-electron chi connectivity index (χ3n) is 8.23. The summed E-state index contributed by atoms with van der Waals surface area (Å²) in [5.74, 6) is 0.986. The van der Waals surface area contributed by atoms with Gasteiger partial charge >= 0.3 is 0 Å². The average Bonchev–Trinajstić information content (AvgIpc) is 3.08. The number of carbonyl (C=O) groups is 2. The van der Waals surface area contributed by atoms with Crippen LogP contribution in [0.5, 0.6) is 11.5 Å². The molecule has 6 nitrogen and oxygen atoms in total. The van der Waals surface area contributed by atoms with Gasteiger partial charge in [0.1, 0.15) is 11.5 Å². The number of ether oxygens (including phenoxy) is 2. The van der Waals surface area contributed by atoms with Crippen LogP contribution >= 0.6 is 0 Å². The first-order chi connectivity index (χ1) is 21.5. The normalized spacial score (nSPS) is 17.6. The van der Waals surface area contributed by atoms with Gasteiger partial charge in [-0.1, -0.05) is 112 Å². The lowest BCUT2D eigenvalue weighted by Crippen LogP contribution is -2.57. The molecule has 4 aromatic rings. The van der Waals surface area contributed by atoms with E-state index in [9.17, 15) is 9.59 Å². The van der Waals surface area contributed by atoms with Crippen LogP contribution in [0, 0.1) is 0 Å². The zero-order valence-corrected chi connectivity index (χ0v) is 25.6. The first kappa shape index (κ1) is 30.9. The predicted octanol–water partition coefficient (Wildman–Crippen LogP) is 7.58. The summed E-state index contributed by atoms with van der Waals surface area (Å²) in [5, 5.41) is 6.38. The Labute approximate surface area is 260 Å². The highest BCUT2D eigenvalue weighted by Gasteiger charge is 2.32. The lowest BCUT2D eigenvalue weighted by molar-refractivity contribution is -0.132. The Morgan fingerprint density at radius 2 is 0.909 bits per heavy atom. The highest BCUT2D eigenvalue weighted by molar-refractivity contribution is 5.83. The van der Waals surface area contributed by atoms with E-state index in [1.54, 1.807) is 0 Å². The summed E-state index contributed by atoms with van der Waals surface area (Å²) < 4.78 is 12.2. The number of nitrogens with one attached hydrogen (secondary N) is 2. The number of rotatable bonds is 12. The summed E-state index contributed by atoms with van der Waals surface area (Å²) in [6.07, 6.45) is 3.42. The van der Waals surface area contributed by atoms with Gasteiger partial charge in [0.2, 0.25) is 0 Å². The van der Waals surface area contributed by atoms with Gasteiger partial charge < -0.3 is 20.1 Å². The van der Waals surface area contributed by atoms with E-state index < -0.39 is 12.2 Å². The number of hydrogen-bond acceptors (Lipinski definition) is 4. The molecule has 0 bridgehead atoms. The number of benzene rings is 4. The summed E-state index contributed by atoms with van der Waals surface area (Å²) in [6.45, 7) is 3.89. The lowest BCUT2D eigenvalue weighted by Gasteiger charge is -2.34. The van der Waals surface area contributed by atoms with Crippen molar-refractivity contribution in [2.45, 2.75) is 76.7 Å². The molecule has 5 rings (SSSR count). The molecule has 2 amide bonds. The van der Waals surface area contributed by atoms with Crippen molar-refractivity contribution in [1.29, 1.82) is 0 Å². The fraction of sp³-hybridized carbons (Fsp3) is 0.316. The highest BCUT2D eigenvalue weighted by atomic mass is 16.5. The first-order valence-electron chi connectivity index (χ1n) is 15.8. The summed E-state index contributed by atoms with van der Waals surface area (Å²) in [6, 6.07) is 35.6. The SMILES string of the molecule is CCC(Oc1ccc(-c2ccccc2)cc1)C(=O)NC1CCCCC1NC(=O)C(CC)Oc1ccc(-c2ccccc2)cc1. The minimum Gasteiger partial charge on any atom is -0.481 e. The Kier molecular flexibility index (Phi) is 10.7. The molecule has 0 aromatic heterocycles. The smallest absolute Gasteiger partial charge is 0.261 e. The van der Waals surface area contributed by atoms with Crippen LogP contribution in [0.25, 0.3) is 22.3 Å². The van der Waals surface area contributed by atoms with Crippen LogP contribution in [0.1, 0.15) is 52.4 Å². The second-order valence-electron chi connectivity index (χ2n) is 11.3. The van der Waals surface area contributed by atoms with E-state index in [0.29, 0.717) is 24.3 Å². The van der Waals surface area contributed by atoms with E-state index in [-0.39, 0.29) is 23.9 Å². The van der Waals surface area contributed by atoms with Gasteiger partial charge in [-0.3, -0.25) is 9.59 Å². The Morgan fingerprint density at radius 3 is 1.25 bits per heavy atom. The van der Waals surface area contributed by atoms with Crippen LogP contribution in [0.3, 0.4) is 0 Å². The van der Waals surface area contributed by atoms with Crippen molar-refractivity contribution in [2.75, 3.05) is 0 Å². The zero-order valence-electron chi connectivity index (χ0n) is 25.6. The van der Waals surface area contributed by atoms with Crippen molar-refractivity contribution < 1.29 is 19.1 Å². The molecule has 1 saturated carbocycles. The Hall–Kier alpha value is -4.58. The van der Waals surface area contributed by atoms with Gasteiger partial charge in [-0.2, -0.15) is 0 Å². The Morgan fingerprint density at radius 1 is 0.568 bits per heavy atom. The van der Waals surface area contributed by atoms with Crippen molar-refractivity contribution in [3.63, 3.8) is 0 Å². The van der Waals surface area contributed by atoms with Crippen LogP contribution in [0.15, 0.2) is 109 Å². The van der Waals surface area contributed by atoms with Gasteiger partial charge in [-0.15, -0.1) is 0 Å². The van der Waals surface area contributed by atoms with E-state index in [2.05, 4.69) is 34.9 Å². The van der Waals surface area contributed by atoms with Gasteiger partial charge in [-0.25, -0.2) is 0 Å². The summed E-state index contributed by atoms with van der Waals surface area (Å²) >= 11 is 0. The molecule has 2 N–H and O–H groups in total. The van der Waals surface area contributed by atoms with E-state index in [0.717, 1.165) is 47.9 Å². The van der Waals surface area contributed by atoms with E-state index in [1.807, 2.05) is 98.8 Å². The molecule has 1 aliphatic rings. The Balaban J connectivity index is 1.16. The molecule has 1 fully saturated rings. The van der Waals surface area contributed by atoms with Crippen molar-refractivity contribution >= 4 is 11.8 Å². The molecule has 1 aliphatic carbocycles. The molecular formula is C38H42N2O4. The van der Waals surface area contributed by atoms with Gasteiger partial charge in [0.05, 0.1) is 0 Å². The molecule has 44 heavy (non-hydrogen) atoms. The van der Waals surface area contributed by atoms with Crippen LogP contribution < -0.4 is 20.1 Å². The molecule has 228 valence electrons. The molecule has 0 radical (unpaired) electrons. The quantitative estimate of drug-likeness (QED) is 0.178. The maximum absolute atomic E-state index is 13.4. The van der Waals surface area contributed by atoms with Crippen LogP contribution in [-0.2, 0) is 9.59 Å². The summed E-state index contributed by atoms with van der Waals surface area (Å²) in [4.78, 5) is 26.7. The number of amides is 2. The van der Waals surface area contributed by atoms with Crippen molar-refractivity contribution in [2.24, 2.45) is 0 Å². The summed E-state index contributed by atoms with van der Waals surface area (Å²) in [5.41, 5.74) is 4.45. The third kappa shape index (κ3) is 8.07. The average molecular weight is 591 g/mol. The van der Waals surface area contributed by atoms with Crippen LogP contribution in [-0.4, -0.2) is 36.1 Å².